The van der Waals surface area contributed by atoms with Crippen molar-refractivity contribution in [2.45, 2.75) is 71.6 Å². The van der Waals surface area contributed by atoms with Gasteiger partial charge >= 0.3 is 0 Å². The summed E-state index contributed by atoms with van der Waals surface area (Å²) in [5, 5.41) is 18.6. The molecular weight excluding hydrogens is 344 g/mol. The average molecular weight is 377 g/mol. The van der Waals surface area contributed by atoms with Crippen LogP contribution in [0.3, 0.4) is 0 Å². The molecule has 3 rings (SSSR count). The number of nitrogens with zero attached hydrogens (tertiary/aromatic N) is 2. The summed E-state index contributed by atoms with van der Waals surface area (Å²) in [6, 6.07) is 11.9. The molecule has 0 atom stereocenters. The van der Waals surface area contributed by atoms with E-state index in [0.717, 1.165) is 12.1 Å². The fourth-order valence-electron chi connectivity index (χ4n) is 4.12. The zero-order valence-corrected chi connectivity index (χ0v) is 18.0. The summed E-state index contributed by atoms with van der Waals surface area (Å²) in [5.74, 6) is 0.214. The number of benzene rings is 2. The van der Waals surface area contributed by atoms with Gasteiger partial charge in [-0.05, 0) is 71.9 Å². The highest BCUT2D eigenvalue weighted by atomic mass is 16.3. The first-order valence-corrected chi connectivity index (χ1v) is 10.2. The van der Waals surface area contributed by atoms with E-state index in [1.807, 2.05) is 19.1 Å². The molecule has 0 aromatic heterocycles. The van der Waals surface area contributed by atoms with Crippen molar-refractivity contribution in [3.8, 4) is 5.75 Å². The Morgan fingerprint density at radius 2 is 1.64 bits per heavy atom. The van der Waals surface area contributed by atoms with Gasteiger partial charge in [0.25, 0.3) is 0 Å². The van der Waals surface area contributed by atoms with E-state index in [9.17, 15) is 5.11 Å². The van der Waals surface area contributed by atoms with E-state index in [1.54, 1.807) is 18.3 Å². The Labute approximate surface area is 169 Å². The van der Waals surface area contributed by atoms with E-state index in [-0.39, 0.29) is 16.6 Å². The molecule has 1 aliphatic rings. The molecule has 0 radical (unpaired) electrons. The molecule has 2 aromatic carbocycles. The fourth-order valence-corrected chi connectivity index (χ4v) is 4.12. The van der Waals surface area contributed by atoms with Crippen LogP contribution in [-0.4, -0.2) is 17.0 Å². The van der Waals surface area contributed by atoms with E-state index in [4.69, 9.17) is 0 Å². The second-order valence-corrected chi connectivity index (χ2v) is 9.17. The summed E-state index contributed by atoms with van der Waals surface area (Å²) >= 11 is 0. The highest BCUT2D eigenvalue weighted by Gasteiger charge is 2.37. The molecule has 3 nitrogen and oxygen atoms in total. The minimum Gasteiger partial charge on any atom is -0.507 e. The van der Waals surface area contributed by atoms with Crippen molar-refractivity contribution in [2.24, 2.45) is 10.2 Å². The van der Waals surface area contributed by atoms with Gasteiger partial charge in [-0.2, -0.15) is 10.2 Å². The summed E-state index contributed by atoms with van der Waals surface area (Å²) in [7, 11) is 0. The third-order valence-electron chi connectivity index (χ3n) is 6.19. The fraction of sp³-hybridized carbons (Fsp3) is 0.440. The summed E-state index contributed by atoms with van der Waals surface area (Å²) in [4.78, 5) is 0. The molecule has 3 heteroatoms. The molecule has 0 amide bonds. The lowest BCUT2D eigenvalue weighted by Crippen LogP contribution is -2.34. The zero-order valence-electron chi connectivity index (χ0n) is 18.0. The second-order valence-electron chi connectivity index (χ2n) is 9.17. The smallest absolute Gasteiger partial charge is 0.124 e. The van der Waals surface area contributed by atoms with Crippen molar-refractivity contribution < 1.29 is 5.11 Å². The SMILES string of the molecule is CCc1cc2c(cc1/C(C)=N/N=C/c1ccccc1O)C(C)(C)CCC2(C)C. The zero-order chi connectivity index (χ0) is 20.5. The molecule has 0 saturated heterocycles. The van der Waals surface area contributed by atoms with Gasteiger partial charge in [0, 0.05) is 11.1 Å². The largest absolute Gasteiger partial charge is 0.507 e. The molecule has 1 aliphatic carbocycles. The molecule has 2 aromatic rings. The second kappa shape index (κ2) is 7.54. The Bertz CT molecular complexity index is 936. The first-order valence-electron chi connectivity index (χ1n) is 10.2. The van der Waals surface area contributed by atoms with Crippen molar-refractivity contribution in [3.05, 3.63) is 64.2 Å². The third kappa shape index (κ3) is 3.89. The number of phenols is 1. The number of aromatic hydroxyl groups is 1. The molecule has 0 unspecified atom stereocenters. The first-order chi connectivity index (χ1) is 13.2. The maximum Gasteiger partial charge on any atom is 0.124 e. The molecule has 0 heterocycles. The number of fused-ring (bicyclic) bond motifs is 1. The Kier molecular flexibility index (Phi) is 5.47. The van der Waals surface area contributed by atoms with Gasteiger partial charge in [0.1, 0.15) is 5.75 Å². The summed E-state index contributed by atoms with van der Waals surface area (Å²) < 4.78 is 0. The quantitative estimate of drug-likeness (QED) is 0.505. The highest BCUT2D eigenvalue weighted by Crippen LogP contribution is 2.46. The molecule has 28 heavy (non-hydrogen) atoms. The highest BCUT2D eigenvalue weighted by molar-refractivity contribution is 6.00. The number of para-hydroxylation sites is 1. The molecule has 1 N–H and O–H groups in total. The molecule has 0 fully saturated rings. The van der Waals surface area contributed by atoms with E-state index in [0.29, 0.717) is 5.56 Å². The van der Waals surface area contributed by atoms with Crippen LogP contribution < -0.4 is 0 Å². The van der Waals surface area contributed by atoms with Gasteiger partial charge in [0.2, 0.25) is 0 Å². The first kappa shape index (κ1) is 20.3. The Morgan fingerprint density at radius 1 is 1.04 bits per heavy atom. The number of aryl methyl sites for hydroxylation is 1. The lowest BCUT2D eigenvalue weighted by Gasteiger charge is -2.42. The van der Waals surface area contributed by atoms with Gasteiger partial charge in [-0.15, -0.1) is 0 Å². The van der Waals surface area contributed by atoms with Crippen LogP contribution >= 0.6 is 0 Å². The van der Waals surface area contributed by atoms with Gasteiger partial charge in [0.05, 0.1) is 11.9 Å². The number of hydrogen-bond acceptors (Lipinski definition) is 3. The number of rotatable bonds is 4. The van der Waals surface area contributed by atoms with Crippen LogP contribution in [0.2, 0.25) is 0 Å². The summed E-state index contributed by atoms with van der Waals surface area (Å²) in [5.41, 5.74) is 7.38. The van der Waals surface area contributed by atoms with Gasteiger partial charge in [-0.3, -0.25) is 0 Å². The molecular formula is C25H32N2O. The average Bonchev–Trinajstić information content (AvgIpc) is 2.66. The van der Waals surface area contributed by atoms with Crippen molar-refractivity contribution in [3.63, 3.8) is 0 Å². The number of phenolic OH excluding ortho intramolecular Hbond substituents is 1. The van der Waals surface area contributed by atoms with Crippen LogP contribution in [0.15, 0.2) is 46.6 Å². The van der Waals surface area contributed by atoms with Crippen LogP contribution in [0, 0.1) is 0 Å². The number of hydrogen-bond donors (Lipinski definition) is 1. The lowest BCUT2D eigenvalue weighted by molar-refractivity contribution is 0.331. The van der Waals surface area contributed by atoms with E-state index in [2.05, 4.69) is 57.0 Å². The molecule has 0 saturated carbocycles. The van der Waals surface area contributed by atoms with Crippen molar-refractivity contribution in [1.82, 2.24) is 0 Å². The van der Waals surface area contributed by atoms with Crippen molar-refractivity contribution in [1.29, 1.82) is 0 Å². The summed E-state index contributed by atoms with van der Waals surface area (Å²) in [6.07, 6.45) is 4.98. The minimum atomic E-state index is 0.172. The normalized spacial score (nSPS) is 18.3. The van der Waals surface area contributed by atoms with Gasteiger partial charge in [0.15, 0.2) is 0 Å². The Morgan fingerprint density at radius 3 is 2.25 bits per heavy atom. The summed E-state index contributed by atoms with van der Waals surface area (Å²) in [6.45, 7) is 13.6. The van der Waals surface area contributed by atoms with Crippen LogP contribution in [0.1, 0.15) is 82.2 Å². The van der Waals surface area contributed by atoms with Gasteiger partial charge in [-0.1, -0.05) is 52.8 Å². The van der Waals surface area contributed by atoms with E-state index in [1.165, 1.54) is 35.1 Å². The monoisotopic (exact) mass is 376 g/mol. The molecule has 148 valence electrons. The van der Waals surface area contributed by atoms with Crippen LogP contribution in [0.25, 0.3) is 0 Å². The maximum absolute atomic E-state index is 9.87. The van der Waals surface area contributed by atoms with Gasteiger partial charge < -0.3 is 5.11 Å². The predicted octanol–water partition coefficient (Wildman–Crippen LogP) is 6.15. The molecule has 0 aliphatic heterocycles. The predicted molar refractivity (Wildman–Crippen MR) is 119 cm³/mol. The minimum absolute atomic E-state index is 0.172. The Balaban J connectivity index is 2.03. The van der Waals surface area contributed by atoms with Crippen molar-refractivity contribution >= 4 is 11.9 Å². The Hall–Kier alpha value is -2.42. The van der Waals surface area contributed by atoms with Gasteiger partial charge in [-0.25, -0.2) is 0 Å². The van der Waals surface area contributed by atoms with Crippen LogP contribution in [-0.2, 0) is 17.3 Å². The standard InChI is InChI=1S/C25H32N2O/c1-7-18-14-21-22(25(5,6)13-12-24(21,3)4)15-20(18)17(2)27-26-16-19-10-8-9-11-23(19)28/h8-11,14-16,28H,7,12-13H2,1-6H3/b26-16+,27-17+. The third-order valence-corrected chi connectivity index (χ3v) is 6.19. The molecule has 0 bridgehead atoms. The van der Waals surface area contributed by atoms with Crippen LogP contribution in [0.4, 0.5) is 0 Å². The molecule has 0 spiro atoms. The maximum atomic E-state index is 9.87. The topological polar surface area (TPSA) is 45.0 Å². The van der Waals surface area contributed by atoms with E-state index >= 15 is 0 Å². The lowest BCUT2D eigenvalue weighted by atomic mass is 9.62. The van der Waals surface area contributed by atoms with Crippen molar-refractivity contribution in [2.75, 3.05) is 0 Å². The van der Waals surface area contributed by atoms with Crippen LogP contribution in [0.5, 0.6) is 5.75 Å². The van der Waals surface area contributed by atoms with E-state index < -0.39 is 0 Å².